The van der Waals surface area contributed by atoms with Crippen LogP contribution in [0.2, 0.25) is 0 Å². The third kappa shape index (κ3) is 4.36. The van der Waals surface area contributed by atoms with Crippen LogP contribution in [0.1, 0.15) is 34.0 Å². The standard InChI is InChI=1S/C24H26N6O4/c1-15-5-7-17(8-6-15)21-27-18(34-28-21)4-3-9-29-10-12-30(13-11-29)24(32)19-16(2)33-23-20(19)22(31)25-14-26-23/h5-8,14H,3-4,9-13H2,1-2H3,(H,25,26,31). The summed E-state index contributed by atoms with van der Waals surface area (Å²) in [5.74, 6) is 1.46. The van der Waals surface area contributed by atoms with Crippen LogP contribution in [-0.4, -0.2) is 68.5 Å². The number of furan rings is 1. The molecule has 1 aliphatic rings. The van der Waals surface area contributed by atoms with E-state index >= 15 is 0 Å². The van der Waals surface area contributed by atoms with Crippen molar-refractivity contribution in [3.8, 4) is 11.4 Å². The average molecular weight is 463 g/mol. The highest BCUT2D eigenvalue weighted by Crippen LogP contribution is 2.23. The van der Waals surface area contributed by atoms with Crippen molar-refractivity contribution in [1.82, 2.24) is 29.9 Å². The zero-order chi connectivity index (χ0) is 23.7. The molecule has 0 bridgehead atoms. The van der Waals surface area contributed by atoms with Crippen molar-refractivity contribution >= 4 is 17.0 Å². The van der Waals surface area contributed by atoms with Gasteiger partial charge >= 0.3 is 0 Å². The molecule has 34 heavy (non-hydrogen) atoms. The smallest absolute Gasteiger partial charge is 0.262 e. The fourth-order valence-electron chi connectivity index (χ4n) is 4.27. The van der Waals surface area contributed by atoms with Gasteiger partial charge in [-0.05, 0) is 26.8 Å². The Morgan fingerprint density at radius 1 is 1.12 bits per heavy atom. The maximum absolute atomic E-state index is 13.1. The van der Waals surface area contributed by atoms with E-state index in [1.54, 1.807) is 11.8 Å². The molecule has 5 rings (SSSR count). The van der Waals surface area contributed by atoms with Crippen molar-refractivity contribution in [3.05, 3.63) is 63.7 Å². The molecule has 0 unspecified atom stereocenters. The molecule has 176 valence electrons. The second kappa shape index (κ2) is 9.22. The minimum Gasteiger partial charge on any atom is -0.442 e. The van der Waals surface area contributed by atoms with Gasteiger partial charge in [-0.2, -0.15) is 4.98 Å². The predicted molar refractivity (Wildman–Crippen MR) is 125 cm³/mol. The Labute approximate surface area is 195 Å². The second-order valence-corrected chi connectivity index (χ2v) is 8.56. The number of aromatic amines is 1. The van der Waals surface area contributed by atoms with Gasteiger partial charge in [0.2, 0.25) is 17.4 Å². The summed E-state index contributed by atoms with van der Waals surface area (Å²) in [5.41, 5.74) is 2.26. The normalized spacial score (nSPS) is 14.7. The number of aryl methyl sites for hydroxylation is 3. The van der Waals surface area contributed by atoms with E-state index < -0.39 is 0 Å². The Morgan fingerprint density at radius 3 is 2.65 bits per heavy atom. The van der Waals surface area contributed by atoms with Gasteiger partial charge in [-0.1, -0.05) is 35.0 Å². The lowest BCUT2D eigenvalue weighted by Crippen LogP contribution is -2.49. The summed E-state index contributed by atoms with van der Waals surface area (Å²) >= 11 is 0. The fourth-order valence-corrected chi connectivity index (χ4v) is 4.27. The minimum absolute atomic E-state index is 0.190. The van der Waals surface area contributed by atoms with Crippen molar-refractivity contribution in [3.63, 3.8) is 0 Å². The van der Waals surface area contributed by atoms with Crippen molar-refractivity contribution in [2.75, 3.05) is 32.7 Å². The van der Waals surface area contributed by atoms with Gasteiger partial charge in [-0.3, -0.25) is 14.5 Å². The lowest BCUT2D eigenvalue weighted by molar-refractivity contribution is 0.0635. The van der Waals surface area contributed by atoms with E-state index in [-0.39, 0.29) is 22.6 Å². The van der Waals surface area contributed by atoms with Gasteiger partial charge < -0.3 is 18.8 Å². The second-order valence-electron chi connectivity index (χ2n) is 8.56. The van der Waals surface area contributed by atoms with Gasteiger partial charge in [0.1, 0.15) is 11.1 Å². The topological polar surface area (TPSA) is 121 Å². The molecule has 0 saturated carbocycles. The van der Waals surface area contributed by atoms with Crippen LogP contribution in [0.25, 0.3) is 22.5 Å². The Morgan fingerprint density at radius 2 is 1.88 bits per heavy atom. The summed E-state index contributed by atoms with van der Waals surface area (Å²) in [6, 6.07) is 8.04. The van der Waals surface area contributed by atoms with E-state index in [9.17, 15) is 9.59 Å². The van der Waals surface area contributed by atoms with Crippen molar-refractivity contribution in [1.29, 1.82) is 0 Å². The van der Waals surface area contributed by atoms with Gasteiger partial charge in [0.05, 0.1) is 11.9 Å². The summed E-state index contributed by atoms with van der Waals surface area (Å²) in [5, 5.41) is 4.31. The quantitative estimate of drug-likeness (QED) is 0.464. The van der Waals surface area contributed by atoms with E-state index in [2.05, 4.69) is 25.0 Å². The molecule has 1 amide bonds. The molecule has 1 fully saturated rings. The number of carbonyl (C=O) groups excluding carboxylic acids is 1. The van der Waals surface area contributed by atoms with Crippen LogP contribution in [-0.2, 0) is 6.42 Å². The van der Waals surface area contributed by atoms with Gasteiger partial charge in [-0.25, -0.2) is 4.98 Å². The van der Waals surface area contributed by atoms with E-state index in [0.717, 1.165) is 31.6 Å². The molecule has 0 aliphatic carbocycles. The molecule has 1 N–H and O–H groups in total. The zero-order valence-electron chi connectivity index (χ0n) is 19.2. The first-order valence-corrected chi connectivity index (χ1v) is 11.4. The van der Waals surface area contributed by atoms with E-state index in [0.29, 0.717) is 42.5 Å². The van der Waals surface area contributed by atoms with Crippen molar-refractivity contribution < 1.29 is 13.7 Å². The Balaban J connectivity index is 1.13. The number of nitrogens with zero attached hydrogens (tertiary/aromatic N) is 5. The van der Waals surface area contributed by atoms with Gasteiger partial charge in [0.25, 0.3) is 11.5 Å². The molecule has 0 spiro atoms. The molecule has 10 nitrogen and oxygen atoms in total. The number of fused-ring (bicyclic) bond motifs is 1. The molecular formula is C24H26N6O4. The number of nitrogens with one attached hydrogen (secondary N) is 1. The summed E-state index contributed by atoms with van der Waals surface area (Å²) in [6.45, 7) is 7.29. The largest absolute Gasteiger partial charge is 0.442 e. The van der Waals surface area contributed by atoms with E-state index in [1.807, 2.05) is 31.2 Å². The third-order valence-corrected chi connectivity index (χ3v) is 6.19. The van der Waals surface area contributed by atoms with Crippen LogP contribution in [0.5, 0.6) is 0 Å². The molecule has 10 heteroatoms. The number of carbonyl (C=O) groups is 1. The summed E-state index contributed by atoms with van der Waals surface area (Å²) in [7, 11) is 0. The van der Waals surface area contributed by atoms with Crippen LogP contribution in [0.15, 0.2) is 44.3 Å². The number of rotatable bonds is 6. The lowest BCUT2D eigenvalue weighted by atomic mass is 10.1. The number of amides is 1. The van der Waals surface area contributed by atoms with Crippen LogP contribution in [0.3, 0.4) is 0 Å². The summed E-state index contributed by atoms with van der Waals surface area (Å²) < 4.78 is 10.9. The molecule has 3 aromatic heterocycles. The Kier molecular flexibility index (Phi) is 5.97. The Hall–Kier alpha value is -3.79. The Bertz CT molecular complexity index is 1360. The monoisotopic (exact) mass is 462 g/mol. The number of piperazine rings is 1. The highest BCUT2D eigenvalue weighted by molar-refractivity contribution is 6.06. The fraction of sp³-hybridized carbons (Fsp3) is 0.375. The van der Waals surface area contributed by atoms with E-state index in [4.69, 9.17) is 8.94 Å². The van der Waals surface area contributed by atoms with Crippen molar-refractivity contribution in [2.45, 2.75) is 26.7 Å². The first kappa shape index (κ1) is 22.0. The number of hydrogen-bond donors (Lipinski definition) is 1. The lowest BCUT2D eigenvalue weighted by Gasteiger charge is -2.34. The van der Waals surface area contributed by atoms with Gasteiger partial charge in [-0.15, -0.1) is 0 Å². The minimum atomic E-state index is -0.365. The number of hydrogen-bond acceptors (Lipinski definition) is 8. The summed E-state index contributed by atoms with van der Waals surface area (Å²) in [4.78, 5) is 40.5. The molecule has 4 aromatic rings. The maximum Gasteiger partial charge on any atom is 0.262 e. The number of benzene rings is 1. The average Bonchev–Trinajstić information content (AvgIpc) is 3.44. The highest BCUT2D eigenvalue weighted by atomic mass is 16.5. The molecule has 0 radical (unpaired) electrons. The van der Waals surface area contributed by atoms with E-state index in [1.165, 1.54) is 11.9 Å². The molecule has 0 atom stereocenters. The molecule has 1 saturated heterocycles. The van der Waals surface area contributed by atoms with Crippen LogP contribution in [0.4, 0.5) is 0 Å². The summed E-state index contributed by atoms with van der Waals surface area (Å²) in [6.07, 6.45) is 2.86. The first-order valence-electron chi connectivity index (χ1n) is 11.4. The SMILES string of the molecule is Cc1ccc(-c2noc(CCCN3CCN(C(=O)c4c(C)oc5nc[nH]c(=O)c45)CC3)n2)cc1. The highest BCUT2D eigenvalue weighted by Gasteiger charge is 2.28. The third-order valence-electron chi connectivity index (χ3n) is 6.19. The number of H-pyrrole nitrogens is 1. The number of aromatic nitrogens is 4. The first-order chi connectivity index (χ1) is 16.5. The van der Waals surface area contributed by atoms with Crippen LogP contribution in [0, 0.1) is 13.8 Å². The van der Waals surface area contributed by atoms with Gasteiger partial charge in [0.15, 0.2) is 0 Å². The molecule has 1 aromatic carbocycles. The predicted octanol–water partition coefficient (Wildman–Crippen LogP) is 2.57. The van der Waals surface area contributed by atoms with Crippen LogP contribution < -0.4 is 5.56 Å². The molecule has 1 aliphatic heterocycles. The van der Waals surface area contributed by atoms with Crippen molar-refractivity contribution in [2.24, 2.45) is 0 Å². The maximum atomic E-state index is 13.1. The zero-order valence-corrected chi connectivity index (χ0v) is 19.2. The van der Waals surface area contributed by atoms with Crippen LogP contribution >= 0.6 is 0 Å². The molecular weight excluding hydrogens is 436 g/mol. The molecule has 4 heterocycles. The van der Waals surface area contributed by atoms with Gasteiger partial charge in [0, 0.05) is 38.2 Å².